The highest BCUT2D eigenvalue weighted by molar-refractivity contribution is 6.31. The minimum absolute atomic E-state index is 0.113. The van der Waals surface area contributed by atoms with Crippen LogP contribution in [-0.4, -0.2) is 33.7 Å². The Labute approximate surface area is 119 Å². The maximum absolute atomic E-state index is 10.9. The summed E-state index contributed by atoms with van der Waals surface area (Å²) in [6, 6.07) is 0. The average Bonchev–Trinajstić information content (AvgIpc) is 2.66. The van der Waals surface area contributed by atoms with Crippen LogP contribution in [0.3, 0.4) is 0 Å². The van der Waals surface area contributed by atoms with Crippen molar-refractivity contribution in [1.29, 1.82) is 0 Å². The summed E-state index contributed by atoms with van der Waals surface area (Å²) in [5.41, 5.74) is 0.927. The van der Waals surface area contributed by atoms with Gasteiger partial charge in [0.25, 0.3) is 0 Å². The van der Waals surface area contributed by atoms with Crippen LogP contribution in [-0.2, 0) is 17.7 Å². The van der Waals surface area contributed by atoms with Gasteiger partial charge in [-0.15, -0.1) is 0 Å². The van der Waals surface area contributed by atoms with E-state index in [-0.39, 0.29) is 6.10 Å². The van der Waals surface area contributed by atoms with Crippen molar-refractivity contribution in [1.82, 2.24) is 9.78 Å². The van der Waals surface area contributed by atoms with Crippen molar-refractivity contribution in [2.45, 2.75) is 64.2 Å². The molecule has 1 fully saturated rings. The van der Waals surface area contributed by atoms with Crippen LogP contribution in [0, 0.1) is 6.92 Å². The fraction of sp³-hybridized carbons (Fsp3) is 0.786. The summed E-state index contributed by atoms with van der Waals surface area (Å²) in [6.45, 7) is 4.69. The Bertz CT molecular complexity index is 447. The van der Waals surface area contributed by atoms with Gasteiger partial charge in [-0.3, -0.25) is 4.68 Å². The maximum Gasteiger partial charge on any atom is 0.0963 e. The lowest BCUT2D eigenvalue weighted by atomic mass is 9.79. The van der Waals surface area contributed by atoms with Crippen LogP contribution >= 0.6 is 11.6 Å². The lowest BCUT2D eigenvalue weighted by Crippen LogP contribution is -2.48. The standard InChI is InChI=1S/C14H23ClN2O2/c1-4-17-11(13(15)10(2)16-17)9-14(18)8-6-5-7-12(14)19-3/h12,18H,4-9H2,1-3H3. The zero-order valence-corrected chi connectivity index (χ0v) is 12.7. The number of halogens is 1. The smallest absolute Gasteiger partial charge is 0.0963 e. The number of nitrogens with zero attached hydrogens (tertiary/aromatic N) is 2. The second-order valence-corrected chi connectivity index (χ2v) is 5.79. The molecule has 108 valence electrons. The van der Waals surface area contributed by atoms with Crippen LogP contribution in [0.15, 0.2) is 0 Å². The van der Waals surface area contributed by atoms with Crippen LogP contribution in [0.1, 0.15) is 44.0 Å². The predicted octanol–water partition coefficient (Wildman–Crippen LogP) is 2.73. The Kier molecular flexibility index (Phi) is 4.54. The molecule has 1 aromatic rings. The molecule has 0 aromatic carbocycles. The first-order valence-corrected chi connectivity index (χ1v) is 7.36. The molecule has 4 nitrogen and oxygen atoms in total. The molecule has 19 heavy (non-hydrogen) atoms. The summed E-state index contributed by atoms with van der Waals surface area (Å²) in [5, 5.41) is 16.0. The molecule has 1 aliphatic carbocycles. The molecule has 0 saturated heterocycles. The SMILES string of the molecule is CCn1nc(C)c(Cl)c1CC1(O)CCCCC1OC. The molecule has 5 heteroatoms. The first kappa shape index (κ1) is 14.8. The molecule has 0 radical (unpaired) electrons. The van der Waals surface area contributed by atoms with E-state index in [1.807, 2.05) is 18.5 Å². The Morgan fingerprint density at radius 2 is 2.26 bits per heavy atom. The summed E-state index contributed by atoms with van der Waals surface area (Å²) in [4.78, 5) is 0. The molecule has 1 saturated carbocycles. The summed E-state index contributed by atoms with van der Waals surface area (Å²) in [6.07, 6.45) is 4.21. The first-order chi connectivity index (χ1) is 9.01. The number of ether oxygens (including phenoxy) is 1. The molecule has 0 spiro atoms. The monoisotopic (exact) mass is 286 g/mol. The second kappa shape index (κ2) is 5.81. The van der Waals surface area contributed by atoms with E-state index >= 15 is 0 Å². The zero-order valence-electron chi connectivity index (χ0n) is 11.9. The van der Waals surface area contributed by atoms with Gasteiger partial charge in [0.1, 0.15) is 0 Å². The van der Waals surface area contributed by atoms with Crippen molar-refractivity contribution in [3.05, 3.63) is 16.4 Å². The summed E-state index contributed by atoms with van der Waals surface area (Å²) < 4.78 is 7.36. The number of hydrogen-bond donors (Lipinski definition) is 1. The van der Waals surface area contributed by atoms with Crippen molar-refractivity contribution in [2.75, 3.05) is 7.11 Å². The third-order valence-electron chi connectivity index (χ3n) is 4.14. The Hall–Kier alpha value is -0.580. The van der Waals surface area contributed by atoms with E-state index in [4.69, 9.17) is 16.3 Å². The number of aliphatic hydroxyl groups is 1. The van der Waals surface area contributed by atoms with Crippen LogP contribution < -0.4 is 0 Å². The molecule has 2 atom stereocenters. The minimum Gasteiger partial charge on any atom is -0.387 e. The van der Waals surface area contributed by atoms with Gasteiger partial charge in [-0.25, -0.2) is 0 Å². The highest BCUT2D eigenvalue weighted by Gasteiger charge is 2.40. The number of rotatable bonds is 4. The molecule has 1 aromatic heterocycles. The number of hydrogen-bond acceptors (Lipinski definition) is 3. The van der Waals surface area contributed by atoms with E-state index in [0.717, 1.165) is 43.6 Å². The van der Waals surface area contributed by atoms with Crippen molar-refractivity contribution >= 4 is 11.6 Å². The largest absolute Gasteiger partial charge is 0.387 e. The van der Waals surface area contributed by atoms with Gasteiger partial charge in [-0.2, -0.15) is 5.10 Å². The van der Waals surface area contributed by atoms with Crippen LogP contribution in [0.4, 0.5) is 0 Å². The normalized spacial score (nSPS) is 27.7. The van der Waals surface area contributed by atoms with Gasteiger partial charge in [0.2, 0.25) is 0 Å². The fourth-order valence-corrected chi connectivity index (χ4v) is 3.26. The second-order valence-electron chi connectivity index (χ2n) is 5.41. The minimum atomic E-state index is -0.823. The van der Waals surface area contributed by atoms with Crippen molar-refractivity contribution < 1.29 is 9.84 Å². The van der Waals surface area contributed by atoms with E-state index < -0.39 is 5.60 Å². The highest BCUT2D eigenvalue weighted by Crippen LogP contribution is 2.35. The van der Waals surface area contributed by atoms with Crippen LogP contribution in [0.25, 0.3) is 0 Å². The van der Waals surface area contributed by atoms with E-state index in [2.05, 4.69) is 5.10 Å². The van der Waals surface area contributed by atoms with E-state index in [1.165, 1.54) is 0 Å². The molecular weight excluding hydrogens is 264 g/mol. The molecule has 1 aliphatic rings. The van der Waals surface area contributed by atoms with Gasteiger partial charge < -0.3 is 9.84 Å². The molecule has 1 N–H and O–H groups in total. The topological polar surface area (TPSA) is 47.3 Å². The summed E-state index contributed by atoms with van der Waals surface area (Å²) in [7, 11) is 1.67. The molecule has 0 bridgehead atoms. The van der Waals surface area contributed by atoms with Gasteiger partial charge in [0, 0.05) is 20.1 Å². The third-order valence-corrected chi connectivity index (χ3v) is 4.63. The Balaban J connectivity index is 2.28. The summed E-state index contributed by atoms with van der Waals surface area (Å²) in [5.74, 6) is 0. The lowest BCUT2D eigenvalue weighted by Gasteiger charge is -2.39. The Morgan fingerprint density at radius 3 is 2.89 bits per heavy atom. The number of aromatic nitrogens is 2. The van der Waals surface area contributed by atoms with Crippen molar-refractivity contribution in [3.8, 4) is 0 Å². The van der Waals surface area contributed by atoms with E-state index in [9.17, 15) is 5.11 Å². The number of methoxy groups -OCH3 is 1. The average molecular weight is 287 g/mol. The molecule has 0 amide bonds. The molecule has 1 heterocycles. The molecule has 2 rings (SSSR count). The van der Waals surface area contributed by atoms with E-state index in [1.54, 1.807) is 7.11 Å². The first-order valence-electron chi connectivity index (χ1n) is 6.98. The predicted molar refractivity (Wildman–Crippen MR) is 75.6 cm³/mol. The highest BCUT2D eigenvalue weighted by atomic mass is 35.5. The third kappa shape index (κ3) is 2.81. The molecule has 2 unspecified atom stereocenters. The van der Waals surface area contributed by atoms with Gasteiger partial charge in [-0.1, -0.05) is 24.4 Å². The fourth-order valence-electron chi connectivity index (χ4n) is 3.06. The Morgan fingerprint density at radius 1 is 1.53 bits per heavy atom. The van der Waals surface area contributed by atoms with Crippen LogP contribution in [0.5, 0.6) is 0 Å². The maximum atomic E-state index is 10.9. The van der Waals surface area contributed by atoms with Crippen molar-refractivity contribution in [3.63, 3.8) is 0 Å². The van der Waals surface area contributed by atoms with Crippen molar-refractivity contribution in [2.24, 2.45) is 0 Å². The van der Waals surface area contributed by atoms with Gasteiger partial charge in [0.15, 0.2) is 0 Å². The van der Waals surface area contributed by atoms with Gasteiger partial charge in [0.05, 0.1) is 28.1 Å². The lowest BCUT2D eigenvalue weighted by molar-refractivity contribution is -0.116. The molecule has 0 aliphatic heterocycles. The van der Waals surface area contributed by atoms with Gasteiger partial charge >= 0.3 is 0 Å². The quantitative estimate of drug-likeness (QED) is 0.926. The van der Waals surface area contributed by atoms with Gasteiger partial charge in [-0.05, 0) is 26.7 Å². The van der Waals surface area contributed by atoms with Crippen LogP contribution in [0.2, 0.25) is 5.02 Å². The van der Waals surface area contributed by atoms with E-state index in [0.29, 0.717) is 11.4 Å². The number of aryl methyl sites for hydroxylation is 2. The summed E-state index contributed by atoms with van der Waals surface area (Å²) >= 11 is 6.33. The zero-order chi connectivity index (χ0) is 14.0. The molecular formula is C14H23ClN2O2.